The molecule has 19 nitrogen and oxygen atoms in total. The van der Waals surface area contributed by atoms with Gasteiger partial charge in [-0.1, -0.05) is 66.7 Å². The molecule has 7 N–H and O–H groups in total. The molecular weight excluding hydrogens is 800 g/mol. The summed E-state index contributed by atoms with van der Waals surface area (Å²) in [6, 6.07) is 19.1. The molecule has 54 heavy (non-hydrogen) atoms. The highest BCUT2D eigenvalue weighted by molar-refractivity contribution is 7.68. The third-order valence-corrected chi connectivity index (χ3v) is 13.2. The van der Waals surface area contributed by atoms with Crippen LogP contribution in [0.15, 0.2) is 79.1 Å². The van der Waals surface area contributed by atoms with Crippen LogP contribution in [0.4, 0.5) is 10.2 Å². The molecule has 0 aliphatic carbocycles. The van der Waals surface area contributed by atoms with Crippen molar-refractivity contribution in [2.75, 3.05) is 12.3 Å². The first kappa shape index (κ1) is 39.8. The first-order chi connectivity index (χ1) is 25.4. The van der Waals surface area contributed by atoms with E-state index in [1.165, 1.54) is 12.1 Å². The molecule has 4 unspecified atom stereocenters. The number of fused-ring (bicyclic) bond motifs is 2. The van der Waals surface area contributed by atoms with E-state index in [1.807, 2.05) is 0 Å². The highest BCUT2D eigenvalue weighted by Crippen LogP contribution is 2.68. The van der Waals surface area contributed by atoms with Crippen molar-refractivity contribution < 1.29 is 65.3 Å². The van der Waals surface area contributed by atoms with Gasteiger partial charge in [0.25, 0.3) is 0 Å². The van der Waals surface area contributed by atoms with Gasteiger partial charge in [0.2, 0.25) is 5.28 Å². The fraction of sp³-hybridized carbons (Fsp3) is 0.267. The maximum absolute atomic E-state index is 15.3. The number of phosphoric acid groups is 2. The van der Waals surface area contributed by atoms with Crippen LogP contribution in [0.2, 0.25) is 5.28 Å². The number of carboxylic acid groups (broad SMARTS) is 1. The van der Waals surface area contributed by atoms with Crippen LogP contribution in [0, 0.1) is 0 Å². The molecule has 24 heteroatoms. The zero-order chi connectivity index (χ0) is 39.1. The van der Waals surface area contributed by atoms with Crippen LogP contribution in [-0.2, 0) is 42.8 Å². The Labute approximate surface area is 309 Å². The Morgan fingerprint density at radius 1 is 1.04 bits per heavy atom. The van der Waals surface area contributed by atoms with Crippen molar-refractivity contribution in [1.82, 2.24) is 24.6 Å². The topological polar surface area (TPSA) is 277 Å². The predicted molar refractivity (Wildman–Crippen MR) is 189 cm³/mol. The van der Waals surface area contributed by atoms with E-state index < -0.39 is 66.1 Å². The van der Waals surface area contributed by atoms with Gasteiger partial charge in [-0.05, 0) is 35.5 Å². The smallest absolute Gasteiger partial charge is 0.480 e. The number of hydrogen-bond acceptors (Lipinski definition) is 14. The van der Waals surface area contributed by atoms with Crippen molar-refractivity contribution >= 4 is 68.7 Å². The highest BCUT2D eigenvalue weighted by Gasteiger charge is 2.51. The number of carboxylic acids is 1. The van der Waals surface area contributed by atoms with Crippen LogP contribution < -0.4 is 15.3 Å². The lowest BCUT2D eigenvalue weighted by Gasteiger charge is -2.31. The number of aliphatic hydroxyl groups excluding tert-OH is 1. The summed E-state index contributed by atoms with van der Waals surface area (Å²) < 4.78 is 82.1. The monoisotopic (exact) mass is 830 g/mol. The number of carbonyl (C=O) groups is 1. The number of nitrogens with one attached hydrogen (secondary N) is 1. The molecule has 2 aromatic heterocycles. The van der Waals surface area contributed by atoms with Crippen LogP contribution >= 0.6 is 35.0 Å². The summed E-state index contributed by atoms with van der Waals surface area (Å²) in [5.74, 6) is -1.90. The number of phosphoric ester groups is 1. The Balaban J connectivity index is 1.21. The van der Waals surface area contributed by atoms with E-state index in [-0.39, 0.29) is 34.4 Å². The van der Waals surface area contributed by atoms with E-state index >= 15 is 4.39 Å². The number of imidazole rings is 1. The summed E-state index contributed by atoms with van der Waals surface area (Å²) in [5.41, 5.74) is 3.99. The Morgan fingerprint density at radius 2 is 1.72 bits per heavy atom. The quantitative estimate of drug-likeness (QED) is 0.0603. The molecule has 1 aliphatic rings. The van der Waals surface area contributed by atoms with Crippen molar-refractivity contribution in [3.05, 3.63) is 90.0 Å². The number of nitrogen functional groups attached to an aromatic ring is 1. The molecule has 3 heterocycles. The van der Waals surface area contributed by atoms with E-state index in [4.69, 9.17) is 35.4 Å². The summed E-state index contributed by atoms with van der Waals surface area (Å²) in [6.07, 6.45) is -6.76. The fourth-order valence-electron chi connectivity index (χ4n) is 5.57. The summed E-state index contributed by atoms with van der Waals surface area (Å²) in [4.78, 5) is 45.3. The zero-order valence-corrected chi connectivity index (χ0v) is 31.1. The Bertz CT molecular complexity index is 2340. The summed E-state index contributed by atoms with van der Waals surface area (Å²) >= 11 is 5.86. The first-order valence-electron chi connectivity index (χ1n) is 15.6. The second-order valence-electron chi connectivity index (χ2n) is 12.1. The van der Waals surface area contributed by atoms with Crippen LogP contribution in [-0.4, -0.2) is 76.0 Å². The van der Waals surface area contributed by atoms with E-state index in [1.54, 1.807) is 60.7 Å². The number of anilines is 1. The second kappa shape index (κ2) is 15.3. The molecule has 0 spiro atoms. The standard InChI is InChI=1S/C30H31ClFN6O13P3/c1-30(28(40)41,14-17-8-3-2-4-9-17)37-52(42,49-20-13-7-11-18-10-5-6-12-19(18)20)50-54(45,46)51-53(43,44)47-15-21-24(39)22(32)27(48-21)38-16-34-23-25(33)35-29(31)36-26(23)38/h2-13,16,21-22,24,27,39H,14-15H2,1H3,(H,37,42)(H,40,41)(H,43,44)(H,45,46)(H2,33,35,36)/t21-,22+,24-,27-,30?,52?/m1/s1. The van der Waals surface area contributed by atoms with Gasteiger partial charge in [-0.2, -0.15) is 23.7 Å². The predicted octanol–water partition coefficient (Wildman–Crippen LogP) is 4.92. The normalized spacial score (nSPS) is 23.3. The number of ether oxygens (including phenoxy) is 1. The maximum Gasteiger partial charge on any atom is 0.490 e. The van der Waals surface area contributed by atoms with E-state index in [2.05, 4.69) is 24.3 Å². The van der Waals surface area contributed by atoms with Crippen molar-refractivity contribution in [3.63, 3.8) is 0 Å². The number of alkyl halides is 1. The largest absolute Gasteiger partial charge is 0.490 e. The number of aromatic nitrogens is 4. The number of aliphatic carboxylic acids is 1. The lowest BCUT2D eigenvalue weighted by molar-refractivity contribution is -0.143. The summed E-state index contributed by atoms with van der Waals surface area (Å²) in [5, 5.41) is 23.5. The summed E-state index contributed by atoms with van der Waals surface area (Å²) in [7, 11) is -17.1. The van der Waals surface area contributed by atoms with Crippen molar-refractivity contribution in [2.45, 2.75) is 43.5 Å². The number of nitrogens with zero attached hydrogens (tertiary/aromatic N) is 4. The first-order valence-corrected chi connectivity index (χ1v) is 20.5. The Hall–Kier alpha value is -3.87. The minimum absolute atomic E-state index is 0.0382. The number of nitrogens with two attached hydrogens (primary N) is 1. The van der Waals surface area contributed by atoms with Gasteiger partial charge in [-0.25, -0.2) is 23.1 Å². The van der Waals surface area contributed by atoms with E-state index in [0.717, 1.165) is 17.8 Å². The molecular formula is C30H31ClFN6O13P3. The van der Waals surface area contributed by atoms with Gasteiger partial charge in [-0.3, -0.25) is 13.9 Å². The maximum atomic E-state index is 15.3. The van der Waals surface area contributed by atoms with Gasteiger partial charge < -0.3 is 35.0 Å². The lowest BCUT2D eigenvalue weighted by atomic mass is 9.94. The molecule has 1 aliphatic heterocycles. The SMILES string of the molecule is CC(Cc1ccccc1)(NP(=O)(Oc1cccc2ccccc12)OP(=O)(O)OP(=O)(O)OC[C@H]1O[C@@H](n2cnc3c(N)nc(Cl)nc32)[C@@H](F)[C@@H]1O)C(=O)O. The number of rotatable bonds is 15. The molecule has 1 saturated heterocycles. The minimum atomic E-state index is -6.02. The van der Waals surface area contributed by atoms with Crippen LogP contribution in [0.1, 0.15) is 18.7 Å². The third kappa shape index (κ3) is 8.81. The Morgan fingerprint density at radius 3 is 2.44 bits per heavy atom. The average molecular weight is 831 g/mol. The number of hydrogen-bond donors (Lipinski definition) is 6. The fourth-order valence-corrected chi connectivity index (χ4v) is 10.3. The highest BCUT2D eigenvalue weighted by atomic mass is 35.5. The van der Waals surface area contributed by atoms with Crippen molar-refractivity contribution in [1.29, 1.82) is 0 Å². The second-order valence-corrected chi connectivity index (χ2v) is 17.3. The summed E-state index contributed by atoms with van der Waals surface area (Å²) in [6.45, 7) is 0.00234. The molecule has 288 valence electrons. The average Bonchev–Trinajstić information content (AvgIpc) is 3.63. The van der Waals surface area contributed by atoms with Crippen molar-refractivity contribution in [2.24, 2.45) is 0 Å². The van der Waals surface area contributed by atoms with Gasteiger partial charge in [0.15, 0.2) is 23.9 Å². The van der Waals surface area contributed by atoms with Gasteiger partial charge in [0.1, 0.15) is 29.0 Å². The van der Waals surface area contributed by atoms with Gasteiger partial charge in [0.05, 0.1) is 12.9 Å². The molecule has 5 aromatic rings. The molecule has 8 atom stereocenters. The number of halogens is 2. The van der Waals surface area contributed by atoms with E-state index in [0.29, 0.717) is 16.3 Å². The van der Waals surface area contributed by atoms with Gasteiger partial charge in [0, 0.05) is 11.8 Å². The lowest BCUT2D eigenvalue weighted by Crippen LogP contribution is -2.50. The van der Waals surface area contributed by atoms with Gasteiger partial charge >= 0.3 is 29.4 Å². The molecule has 0 bridgehead atoms. The molecule has 6 rings (SSSR count). The van der Waals surface area contributed by atoms with Crippen LogP contribution in [0.5, 0.6) is 5.75 Å². The van der Waals surface area contributed by atoms with Crippen LogP contribution in [0.25, 0.3) is 21.9 Å². The number of aliphatic hydroxyl groups is 1. The molecule has 0 amide bonds. The third-order valence-electron chi connectivity index (χ3n) is 8.03. The van der Waals surface area contributed by atoms with Crippen LogP contribution in [0.3, 0.4) is 0 Å². The molecule has 3 aromatic carbocycles. The Kier molecular flexibility index (Phi) is 11.3. The van der Waals surface area contributed by atoms with Gasteiger partial charge in [-0.15, -0.1) is 0 Å². The molecule has 0 saturated carbocycles. The molecule has 0 radical (unpaired) electrons. The van der Waals surface area contributed by atoms with E-state index in [9.17, 15) is 38.5 Å². The zero-order valence-electron chi connectivity index (χ0n) is 27.7. The van der Waals surface area contributed by atoms with Crippen molar-refractivity contribution in [3.8, 4) is 5.75 Å². The number of benzene rings is 3. The minimum Gasteiger partial charge on any atom is -0.480 e. The molecule has 1 fully saturated rings.